The van der Waals surface area contributed by atoms with E-state index in [1.54, 1.807) is 4.90 Å². The van der Waals surface area contributed by atoms with Crippen LogP contribution in [0, 0.1) is 0 Å². The molecule has 0 unspecified atom stereocenters. The molecule has 0 bridgehead atoms. The van der Waals surface area contributed by atoms with Crippen molar-refractivity contribution >= 4 is 23.7 Å². The van der Waals surface area contributed by atoms with Gasteiger partial charge < -0.3 is 4.74 Å². The van der Waals surface area contributed by atoms with Crippen molar-refractivity contribution in [3.8, 4) is 11.3 Å². The van der Waals surface area contributed by atoms with E-state index in [1.165, 1.54) is 11.1 Å². The van der Waals surface area contributed by atoms with Gasteiger partial charge in [0, 0.05) is 5.56 Å². The summed E-state index contributed by atoms with van der Waals surface area (Å²) in [6.45, 7) is 14.8. The Balaban J connectivity index is 1.74. The standard InChI is InChI=1S/C36H41N3O2/c1-25(2)29-19-14-20-30(26(3)4)34(29)37-23-28-17-13-21-32(38-28)31-18-11-12-22-33(31)39(35(40)41-36(5,6)7)24-27-15-9-8-10-16-27/h8-23,25-26H,24H2,1-7H3. The van der Waals surface area contributed by atoms with Gasteiger partial charge in [0.05, 0.1) is 35.5 Å². The number of benzene rings is 3. The van der Waals surface area contributed by atoms with Gasteiger partial charge in [0.15, 0.2) is 0 Å². The number of rotatable bonds is 8. The number of carbonyl (C=O) groups is 1. The topological polar surface area (TPSA) is 54.8 Å². The number of aliphatic imine (C=N–C) groups is 1. The molecule has 0 radical (unpaired) electrons. The Labute approximate surface area is 244 Å². The van der Waals surface area contributed by atoms with Gasteiger partial charge >= 0.3 is 6.09 Å². The molecule has 4 rings (SSSR count). The lowest BCUT2D eigenvalue weighted by molar-refractivity contribution is 0.0577. The van der Waals surface area contributed by atoms with Crippen LogP contribution in [0.1, 0.15) is 82.7 Å². The molecule has 0 aliphatic rings. The maximum Gasteiger partial charge on any atom is 0.415 e. The van der Waals surface area contributed by atoms with Gasteiger partial charge in [-0.2, -0.15) is 0 Å². The zero-order chi connectivity index (χ0) is 29.6. The normalized spacial score (nSPS) is 11.8. The first-order valence-corrected chi connectivity index (χ1v) is 14.3. The first kappa shape index (κ1) is 29.7. The second kappa shape index (κ2) is 12.9. The Morgan fingerprint density at radius 1 is 0.829 bits per heavy atom. The fraction of sp³-hybridized carbons (Fsp3) is 0.306. The number of hydrogen-bond acceptors (Lipinski definition) is 4. The van der Waals surface area contributed by atoms with Crippen LogP contribution in [-0.2, 0) is 11.3 Å². The summed E-state index contributed by atoms with van der Waals surface area (Å²) in [6, 6.07) is 30.1. The Morgan fingerprint density at radius 2 is 1.44 bits per heavy atom. The molecule has 212 valence electrons. The van der Waals surface area contributed by atoms with E-state index >= 15 is 0 Å². The third kappa shape index (κ3) is 7.69. The molecule has 0 fully saturated rings. The molecule has 1 aromatic heterocycles. The van der Waals surface area contributed by atoms with E-state index in [4.69, 9.17) is 14.7 Å². The summed E-state index contributed by atoms with van der Waals surface area (Å²) in [6.07, 6.45) is 1.44. The highest BCUT2D eigenvalue weighted by Gasteiger charge is 2.26. The van der Waals surface area contributed by atoms with E-state index in [0.29, 0.717) is 18.4 Å². The van der Waals surface area contributed by atoms with Gasteiger partial charge in [0.2, 0.25) is 0 Å². The van der Waals surface area contributed by atoms with Crippen LogP contribution in [0.4, 0.5) is 16.2 Å². The van der Waals surface area contributed by atoms with Crippen LogP contribution < -0.4 is 4.90 Å². The second-order valence-corrected chi connectivity index (χ2v) is 11.9. The lowest BCUT2D eigenvalue weighted by atomic mass is 9.93. The van der Waals surface area contributed by atoms with Crippen LogP contribution in [-0.4, -0.2) is 22.9 Å². The van der Waals surface area contributed by atoms with Crippen LogP contribution in [0.15, 0.2) is 96.0 Å². The van der Waals surface area contributed by atoms with Crippen molar-refractivity contribution in [1.82, 2.24) is 4.98 Å². The van der Waals surface area contributed by atoms with Gasteiger partial charge in [-0.05, 0) is 67.5 Å². The zero-order valence-corrected chi connectivity index (χ0v) is 25.3. The highest BCUT2D eigenvalue weighted by atomic mass is 16.6. The van der Waals surface area contributed by atoms with E-state index in [-0.39, 0.29) is 0 Å². The molecule has 0 N–H and O–H groups in total. The molecule has 0 saturated heterocycles. The van der Waals surface area contributed by atoms with Crippen molar-refractivity contribution in [2.24, 2.45) is 4.99 Å². The van der Waals surface area contributed by atoms with Crippen molar-refractivity contribution < 1.29 is 9.53 Å². The Bertz CT molecular complexity index is 1470. The van der Waals surface area contributed by atoms with Crippen molar-refractivity contribution in [3.05, 3.63) is 113 Å². The first-order chi connectivity index (χ1) is 19.5. The molecule has 41 heavy (non-hydrogen) atoms. The summed E-state index contributed by atoms with van der Waals surface area (Å²) in [5.74, 6) is 0.714. The highest BCUT2D eigenvalue weighted by molar-refractivity contribution is 5.94. The molecule has 0 aliphatic heterocycles. The summed E-state index contributed by atoms with van der Waals surface area (Å²) >= 11 is 0. The van der Waals surface area contributed by atoms with Crippen molar-refractivity contribution in [3.63, 3.8) is 0 Å². The van der Waals surface area contributed by atoms with Gasteiger partial charge in [-0.1, -0.05) is 100 Å². The molecular formula is C36H41N3O2. The molecule has 5 heteroatoms. The van der Waals surface area contributed by atoms with E-state index in [0.717, 1.165) is 33.9 Å². The number of nitrogens with zero attached hydrogens (tertiary/aromatic N) is 3. The average Bonchev–Trinajstić information content (AvgIpc) is 2.94. The average molecular weight is 548 g/mol. The number of aromatic nitrogens is 1. The van der Waals surface area contributed by atoms with E-state index in [9.17, 15) is 4.79 Å². The third-order valence-electron chi connectivity index (χ3n) is 6.71. The fourth-order valence-electron chi connectivity index (χ4n) is 4.72. The third-order valence-corrected chi connectivity index (χ3v) is 6.71. The van der Waals surface area contributed by atoms with E-state index in [2.05, 4.69) is 45.9 Å². The molecule has 3 aromatic carbocycles. The summed E-state index contributed by atoms with van der Waals surface area (Å²) in [5.41, 5.74) is 6.93. The molecule has 4 aromatic rings. The molecule has 0 spiro atoms. The fourth-order valence-corrected chi connectivity index (χ4v) is 4.72. The number of hydrogen-bond donors (Lipinski definition) is 0. The quantitative estimate of drug-likeness (QED) is 0.206. The van der Waals surface area contributed by atoms with E-state index in [1.807, 2.05) is 99.8 Å². The Hall–Kier alpha value is -4.25. The summed E-state index contributed by atoms with van der Waals surface area (Å²) < 4.78 is 5.83. The van der Waals surface area contributed by atoms with Crippen molar-refractivity contribution in [1.29, 1.82) is 0 Å². The monoisotopic (exact) mass is 547 g/mol. The van der Waals surface area contributed by atoms with Gasteiger partial charge in [-0.25, -0.2) is 9.78 Å². The lowest BCUT2D eigenvalue weighted by Crippen LogP contribution is -2.36. The summed E-state index contributed by atoms with van der Waals surface area (Å²) in [5, 5.41) is 0. The molecule has 1 heterocycles. The molecule has 5 nitrogen and oxygen atoms in total. The number of pyridine rings is 1. The molecule has 1 amide bonds. The van der Waals surface area contributed by atoms with Crippen LogP contribution in [0.3, 0.4) is 0 Å². The minimum atomic E-state index is -0.628. The predicted molar refractivity (Wildman–Crippen MR) is 170 cm³/mol. The first-order valence-electron chi connectivity index (χ1n) is 14.3. The Kier molecular flexibility index (Phi) is 9.38. The van der Waals surface area contributed by atoms with Crippen LogP contribution >= 0.6 is 0 Å². The SMILES string of the molecule is CC(C)c1cccc(C(C)C)c1N=Cc1cccc(-c2ccccc2N(Cc2ccccc2)C(=O)OC(C)(C)C)n1. The van der Waals surface area contributed by atoms with Crippen LogP contribution in [0.5, 0.6) is 0 Å². The molecule has 0 aliphatic carbocycles. The van der Waals surface area contributed by atoms with Crippen LogP contribution in [0.25, 0.3) is 11.3 Å². The summed E-state index contributed by atoms with van der Waals surface area (Å²) in [7, 11) is 0. The van der Waals surface area contributed by atoms with Gasteiger partial charge in [0.25, 0.3) is 0 Å². The second-order valence-electron chi connectivity index (χ2n) is 11.9. The van der Waals surface area contributed by atoms with Crippen LogP contribution in [0.2, 0.25) is 0 Å². The molecule has 0 atom stereocenters. The predicted octanol–water partition coefficient (Wildman–Crippen LogP) is 9.69. The minimum Gasteiger partial charge on any atom is -0.443 e. The van der Waals surface area contributed by atoms with Gasteiger partial charge in [-0.3, -0.25) is 9.89 Å². The van der Waals surface area contributed by atoms with Gasteiger partial charge in [-0.15, -0.1) is 0 Å². The number of anilines is 1. The largest absolute Gasteiger partial charge is 0.443 e. The zero-order valence-electron chi connectivity index (χ0n) is 25.3. The van der Waals surface area contributed by atoms with Gasteiger partial charge in [0.1, 0.15) is 5.60 Å². The number of carbonyl (C=O) groups excluding carboxylic acids is 1. The summed E-state index contributed by atoms with van der Waals surface area (Å²) in [4.78, 5) is 25.1. The highest BCUT2D eigenvalue weighted by Crippen LogP contribution is 2.35. The molecule has 0 saturated carbocycles. The maximum absolute atomic E-state index is 13.5. The Morgan fingerprint density at radius 3 is 2.07 bits per heavy atom. The number of para-hydroxylation sites is 2. The molecular weight excluding hydrogens is 506 g/mol. The van der Waals surface area contributed by atoms with E-state index < -0.39 is 11.7 Å². The van der Waals surface area contributed by atoms with Crippen molar-refractivity contribution in [2.45, 2.75) is 72.4 Å². The number of ether oxygens (including phenoxy) is 1. The lowest BCUT2D eigenvalue weighted by Gasteiger charge is -2.29. The maximum atomic E-state index is 13.5. The van der Waals surface area contributed by atoms with Crippen molar-refractivity contribution in [2.75, 3.05) is 4.90 Å². The minimum absolute atomic E-state index is 0.357. The smallest absolute Gasteiger partial charge is 0.415 e. The number of amides is 1.